The van der Waals surface area contributed by atoms with Crippen LogP contribution in [0.3, 0.4) is 0 Å². The number of aryl methyl sites for hydroxylation is 1. The minimum atomic E-state index is 0.0279. The third kappa shape index (κ3) is 2.47. The Balaban J connectivity index is 1.50. The van der Waals surface area contributed by atoms with Crippen molar-refractivity contribution in [1.29, 1.82) is 0 Å². The number of rotatable bonds is 3. The maximum Gasteiger partial charge on any atom is 0.244 e. The van der Waals surface area contributed by atoms with Crippen molar-refractivity contribution < 1.29 is 4.52 Å². The summed E-state index contributed by atoms with van der Waals surface area (Å²) in [6.45, 7) is 2.72. The molecule has 0 radical (unpaired) electrons. The van der Waals surface area contributed by atoms with E-state index >= 15 is 0 Å². The van der Waals surface area contributed by atoms with Crippen molar-refractivity contribution in [3.8, 4) is 0 Å². The van der Waals surface area contributed by atoms with E-state index < -0.39 is 0 Å². The predicted octanol–water partition coefficient (Wildman–Crippen LogP) is 1.54. The van der Waals surface area contributed by atoms with Crippen LogP contribution in [0.4, 0.5) is 0 Å². The Bertz CT molecular complexity index is 760. The number of hydrogen-bond acceptors (Lipinski definition) is 7. The summed E-state index contributed by atoms with van der Waals surface area (Å²) in [4.78, 5) is 16.3. The molecule has 21 heavy (non-hydrogen) atoms. The molecular formula is C13H14N6OS. The quantitative estimate of drug-likeness (QED) is 0.762. The van der Waals surface area contributed by atoms with Gasteiger partial charge in [0.25, 0.3) is 0 Å². The molecule has 1 atom stereocenters. The molecular weight excluding hydrogens is 288 g/mol. The van der Waals surface area contributed by atoms with Crippen molar-refractivity contribution in [2.75, 3.05) is 0 Å². The summed E-state index contributed by atoms with van der Waals surface area (Å²) in [5.41, 5.74) is 3.22. The molecule has 0 spiro atoms. The topological polar surface area (TPSA) is 92.5 Å². The van der Waals surface area contributed by atoms with Crippen LogP contribution in [-0.2, 0) is 19.4 Å². The molecule has 0 saturated carbocycles. The summed E-state index contributed by atoms with van der Waals surface area (Å²) in [5.74, 6) is 1.29. The molecule has 3 aromatic rings. The van der Waals surface area contributed by atoms with Crippen molar-refractivity contribution in [2.24, 2.45) is 0 Å². The van der Waals surface area contributed by atoms with Gasteiger partial charge in [-0.1, -0.05) is 5.16 Å². The van der Waals surface area contributed by atoms with Gasteiger partial charge in [0.1, 0.15) is 5.01 Å². The van der Waals surface area contributed by atoms with Gasteiger partial charge in [-0.15, -0.1) is 11.3 Å². The number of nitrogens with one attached hydrogen (secondary N) is 2. The third-order valence-electron chi connectivity index (χ3n) is 3.49. The summed E-state index contributed by atoms with van der Waals surface area (Å²) < 4.78 is 5.39. The zero-order valence-corrected chi connectivity index (χ0v) is 12.3. The Morgan fingerprint density at radius 1 is 1.43 bits per heavy atom. The molecule has 0 aliphatic carbocycles. The monoisotopic (exact) mass is 302 g/mol. The lowest BCUT2D eigenvalue weighted by Gasteiger charge is -2.19. The van der Waals surface area contributed by atoms with Crippen LogP contribution in [0.1, 0.15) is 39.8 Å². The lowest BCUT2D eigenvalue weighted by atomic mass is 10.1. The number of nitrogens with zero attached hydrogens (tertiary/aromatic N) is 4. The van der Waals surface area contributed by atoms with Crippen LogP contribution in [0, 0.1) is 6.92 Å². The van der Waals surface area contributed by atoms with Crippen LogP contribution < -0.4 is 5.32 Å². The average molecular weight is 302 g/mol. The normalized spacial score (nSPS) is 17.9. The van der Waals surface area contributed by atoms with Crippen LogP contribution in [-0.4, -0.2) is 25.1 Å². The van der Waals surface area contributed by atoms with Gasteiger partial charge in [0.05, 0.1) is 30.2 Å². The van der Waals surface area contributed by atoms with Gasteiger partial charge in [0.15, 0.2) is 5.82 Å². The van der Waals surface area contributed by atoms with E-state index in [9.17, 15) is 0 Å². The number of aromatic amines is 1. The largest absolute Gasteiger partial charge is 0.347 e. The van der Waals surface area contributed by atoms with Gasteiger partial charge in [-0.25, -0.2) is 9.97 Å². The van der Waals surface area contributed by atoms with Gasteiger partial charge < -0.3 is 9.51 Å². The molecule has 8 heteroatoms. The molecule has 0 fully saturated rings. The second-order valence-electron chi connectivity index (χ2n) is 5.07. The van der Waals surface area contributed by atoms with Gasteiger partial charge in [-0.2, -0.15) is 4.98 Å². The van der Waals surface area contributed by atoms with E-state index in [-0.39, 0.29) is 6.04 Å². The predicted molar refractivity (Wildman–Crippen MR) is 75.8 cm³/mol. The zero-order chi connectivity index (χ0) is 14.2. The maximum atomic E-state index is 5.39. The molecule has 1 aliphatic heterocycles. The van der Waals surface area contributed by atoms with Gasteiger partial charge in [-0.3, -0.25) is 5.32 Å². The third-order valence-corrected chi connectivity index (χ3v) is 4.45. The van der Waals surface area contributed by atoms with Gasteiger partial charge in [-0.05, 0) is 6.92 Å². The van der Waals surface area contributed by atoms with Crippen LogP contribution in [0.15, 0.2) is 16.2 Å². The lowest BCUT2D eigenvalue weighted by molar-refractivity contribution is 0.317. The molecule has 0 bridgehead atoms. The van der Waals surface area contributed by atoms with E-state index in [0.717, 1.165) is 35.1 Å². The van der Waals surface area contributed by atoms with E-state index in [1.165, 1.54) is 0 Å². The van der Waals surface area contributed by atoms with Crippen molar-refractivity contribution in [1.82, 2.24) is 30.4 Å². The Labute approximate surface area is 124 Å². The first-order chi connectivity index (χ1) is 10.3. The fourth-order valence-electron chi connectivity index (χ4n) is 2.44. The minimum absolute atomic E-state index is 0.0279. The van der Waals surface area contributed by atoms with E-state index in [4.69, 9.17) is 4.52 Å². The molecule has 7 nitrogen and oxygen atoms in total. The minimum Gasteiger partial charge on any atom is -0.347 e. The highest BCUT2D eigenvalue weighted by molar-refractivity contribution is 7.09. The maximum absolute atomic E-state index is 5.39. The average Bonchev–Trinajstić information content (AvgIpc) is 3.19. The summed E-state index contributed by atoms with van der Waals surface area (Å²) in [6.07, 6.45) is 3.10. The molecule has 0 saturated heterocycles. The van der Waals surface area contributed by atoms with Crippen molar-refractivity contribution in [3.63, 3.8) is 0 Å². The number of aromatic nitrogens is 5. The molecule has 2 N–H and O–H groups in total. The SMILES string of the molecule is Cc1csc(Cc2noc(C3Cc4nc[nH]c4CN3)n2)n1. The Morgan fingerprint density at radius 2 is 2.38 bits per heavy atom. The summed E-state index contributed by atoms with van der Waals surface area (Å²) in [5, 5.41) is 10.5. The van der Waals surface area contributed by atoms with Crippen LogP contribution in [0.2, 0.25) is 0 Å². The summed E-state index contributed by atoms with van der Waals surface area (Å²) in [7, 11) is 0. The zero-order valence-electron chi connectivity index (χ0n) is 11.5. The summed E-state index contributed by atoms with van der Waals surface area (Å²) in [6, 6.07) is 0.0279. The van der Waals surface area contributed by atoms with Crippen molar-refractivity contribution in [3.05, 3.63) is 45.5 Å². The highest BCUT2D eigenvalue weighted by Crippen LogP contribution is 2.23. The van der Waals surface area contributed by atoms with E-state index in [2.05, 4.69) is 30.4 Å². The number of hydrogen-bond donors (Lipinski definition) is 2. The van der Waals surface area contributed by atoms with Crippen molar-refractivity contribution in [2.45, 2.75) is 32.4 Å². The van der Waals surface area contributed by atoms with Crippen LogP contribution >= 0.6 is 11.3 Å². The molecule has 108 valence electrons. The molecule has 1 aliphatic rings. The molecule has 3 aromatic heterocycles. The highest BCUT2D eigenvalue weighted by Gasteiger charge is 2.26. The lowest BCUT2D eigenvalue weighted by Crippen LogP contribution is -2.28. The van der Waals surface area contributed by atoms with Gasteiger partial charge in [0.2, 0.25) is 5.89 Å². The molecule has 1 unspecified atom stereocenters. The van der Waals surface area contributed by atoms with E-state index in [0.29, 0.717) is 18.1 Å². The summed E-state index contributed by atoms with van der Waals surface area (Å²) >= 11 is 1.62. The Hall–Kier alpha value is -2.06. The second-order valence-corrected chi connectivity index (χ2v) is 6.02. The first kappa shape index (κ1) is 12.7. The smallest absolute Gasteiger partial charge is 0.244 e. The van der Waals surface area contributed by atoms with E-state index in [1.807, 2.05) is 12.3 Å². The van der Waals surface area contributed by atoms with Crippen molar-refractivity contribution >= 4 is 11.3 Å². The molecule has 4 heterocycles. The van der Waals surface area contributed by atoms with Crippen LogP contribution in [0.25, 0.3) is 0 Å². The Morgan fingerprint density at radius 3 is 3.24 bits per heavy atom. The molecule has 0 amide bonds. The standard InChI is InChI=1S/C13H14N6OS/c1-7-5-21-12(17-7)3-11-18-13(20-19-11)9-2-8-10(4-14-9)16-6-15-8/h5-6,9,14H,2-4H2,1H3,(H,15,16). The first-order valence-electron chi connectivity index (χ1n) is 6.76. The van der Waals surface area contributed by atoms with Crippen LogP contribution in [0.5, 0.6) is 0 Å². The number of imidazole rings is 1. The number of fused-ring (bicyclic) bond motifs is 1. The second kappa shape index (κ2) is 5.05. The highest BCUT2D eigenvalue weighted by atomic mass is 32.1. The Kier molecular flexibility index (Phi) is 3.04. The van der Waals surface area contributed by atoms with Gasteiger partial charge in [0, 0.05) is 24.0 Å². The molecule has 0 aromatic carbocycles. The fourth-order valence-corrected chi connectivity index (χ4v) is 3.21. The van der Waals surface area contributed by atoms with Gasteiger partial charge >= 0.3 is 0 Å². The molecule has 4 rings (SSSR count). The number of H-pyrrole nitrogens is 1. The fraction of sp³-hybridized carbons (Fsp3) is 0.385. The van der Waals surface area contributed by atoms with E-state index in [1.54, 1.807) is 17.7 Å². The number of thiazole rings is 1. The first-order valence-corrected chi connectivity index (χ1v) is 7.64.